The van der Waals surface area contributed by atoms with Gasteiger partial charge in [0.05, 0.1) is 17.1 Å². The first-order chi connectivity index (χ1) is 5.89. The van der Waals surface area contributed by atoms with Crippen LogP contribution in [0.5, 0.6) is 0 Å². The fourth-order valence-corrected chi connectivity index (χ4v) is 1.14. The van der Waals surface area contributed by atoms with E-state index in [-0.39, 0.29) is 3.92 Å². The molecular formula is C10H9IO. The predicted octanol–water partition coefficient (Wildman–Crippen LogP) is 1.77. The third-order valence-electron chi connectivity index (χ3n) is 1.23. The van der Waals surface area contributed by atoms with Gasteiger partial charge in [-0.3, -0.25) is 0 Å². The molecule has 0 saturated heterocycles. The summed E-state index contributed by atoms with van der Waals surface area (Å²) in [6.45, 7) is 1.41. The standard InChI is InChI=1S/C10H9IO/c11-10-7-5-3-1-2-4-6-8-12-9-10/h1,3,10H,6,8-9H2/b3-1-. The highest BCUT2D eigenvalue weighted by Crippen LogP contribution is 1.99. The summed E-state index contributed by atoms with van der Waals surface area (Å²) in [5.41, 5.74) is 0. The number of rotatable bonds is 0. The van der Waals surface area contributed by atoms with Gasteiger partial charge in [0, 0.05) is 6.42 Å². The van der Waals surface area contributed by atoms with Gasteiger partial charge in [-0.05, 0) is 12.2 Å². The zero-order valence-corrected chi connectivity index (χ0v) is 8.80. The van der Waals surface area contributed by atoms with Crippen LogP contribution in [0, 0.1) is 23.7 Å². The van der Waals surface area contributed by atoms with Crippen LogP contribution >= 0.6 is 22.6 Å². The molecule has 1 aliphatic heterocycles. The zero-order chi connectivity index (χ0) is 8.65. The maximum atomic E-state index is 5.34. The van der Waals surface area contributed by atoms with Crippen LogP contribution in [0.15, 0.2) is 12.2 Å². The molecule has 1 atom stereocenters. The lowest BCUT2D eigenvalue weighted by Crippen LogP contribution is -2.06. The van der Waals surface area contributed by atoms with Crippen molar-refractivity contribution in [3.8, 4) is 23.7 Å². The largest absolute Gasteiger partial charge is 0.378 e. The average Bonchev–Trinajstić information content (AvgIpc) is 2.11. The number of allylic oxidation sites excluding steroid dienone is 2. The van der Waals surface area contributed by atoms with Crippen molar-refractivity contribution < 1.29 is 4.74 Å². The van der Waals surface area contributed by atoms with Crippen molar-refractivity contribution in [3.05, 3.63) is 12.2 Å². The van der Waals surface area contributed by atoms with Gasteiger partial charge in [-0.25, -0.2) is 0 Å². The van der Waals surface area contributed by atoms with Crippen molar-refractivity contribution >= 4 is 22.6 Å². The monoisotopic (exact) mass is 272 g/mol. The van der Waals surface area contributed by atoms with E-state index in [1.54, 1.807) is 12.2 Å². The third kappa shape index (κ3) is 4.43. The van der Waals surface area contributed by atoms with Gasteiger partial charge in [0.25, 0.3) is 0 Å². The molecule has 62 valence electrons. The van der Waals surface area contributed by atoms with Gasteiger partial charge in [-0.1, -0.05) is 46.3 Å². The molecule has 0 aromatic carbocycles. The van der Waals surface area contributed by atoms with Gasteiger partial charge < -0.3 is 4.74 Å². The van der Waals surface area contributed by atoms with Crippen molar-refractivity contribution in [2.45, 2.75) is 10.3 Å². The number of hydrogen-bond donors (Lipinski definition) is 0. The number of halogens is 1. The van der Waals surface area contributed by atoms with Crippen LogP contribution in [0.3, 0.4) is 0 Å². The third-order valence-corrected chi connectivity index (χ3v) is 1.90. The van der Waals surface area contributed by atoms with Crippen molar-refractivity contribution in [3.63, 3.8) is 0 Å². The van der Waals surface area contributed by atoms with E-state index < -0.39 is 0 Å². The summed E-state index contributed by atoms with van der Waals surface area (Å²) < 4.78 is 5.62. The molecule has 0 amide bonds. The Morgan fingerprint density at radius 2 is 2.17 bits per heavy atom. The highest BCUT2D eigenvalue weighted by molar-refractivity contribution is 14.1. The van der Waals surface area contributed by atoms with Gasteiger partial charge in [0.1, 0.15) is 0 Å². The minimum atomic E-state index is 0.283. The summed E-state index contributed by atoms with van der Waals surface area (Å²) in [6.07, 6.45) is 4.36. The fraction of sp³-hybridized carbons (Fsp3) is 0.400. The van der Waals surface area contributed by atoms with Crippen LogP contribution in [0.2, 0.25) is 0 Å². The summed E-state index contributed by atoms with van der Waals surface area (Å²) in [7, 11) is 0. The highest BCUT2D eigenvalue weighted by atomic mass is 127. The molecule has 0 aromatic heterocycles. The molecule has 1 aliphatic rings. The molecule has 0 aliphatic carbocycles. The quantitative estimate of drug-likeness (QED) is 0.371. The van der Waals surface area contributed by atoms with Crippen molar-refractivity contribution in [1.29, 1.82) is 0 Å². The van der Waals surface area contributed by atoms with E-state index in [2.05, 4.69) is 46.3 Å². The molecule has 0 bridgehead atoms. The molecular weight excluding hydrogens is 263 g/mol. The van der Waals surface area contributed by atoms with Gasteiger partial charge in [0.2, 0.25) is 0 Å². The van der Waals surface area contributed by atoms with Crippen LogP contribution in [0.1, 0.15) is 6.42 Å². The van der Waals surface area contributed by atoms with Crippen LogP contribution in [-0.2, 0) is 4.74 Å². The van der Waals surface area contributed by atoms with E-state index in [1.165, 1.54) is 0 Å². The smallest absolute Gasteiger partial charge is 0.0955 e. The van der Waals surface area contributed by atoms with E-state index in [9.17, 15) is 0 Å². The van der Waals surface area contributed by atoms with E-state index in [1.807, 2.05) is 0 Å². The molecule has 12 heavy (non-hydrogen) atoms. The first-order valence-electron chi connectivity index (χ1n) is 3.76. The second kappa shape index (κ2) is 6.11. The molecule has 0 aromatic rings. The summed E-state index contributed by atoms with van der Waals surface area (Å²) >= 11 is 2.27. The normalized spacial score (nSPS) is 25.2. The Morgan fingerprint density at radius 1 is 1.33 bits per heavy atom. The molecule has 1 heterocycles. The molecule has 0 N–H and O–H groups in total. The number of hydrogen-bond acceptors (Lipinski definition) is 1. The second-order valence-electron chi connectivity index (χ2n) is 2.24. The summed E-state index contributed by atoms with van der Waals surface area (Å²) in [5, 5.41) is 0. The lowest BCUT2D eigenvalue weighted by atomic mass is 10.4. The lowest BCUT2D eigenvalue weighted by molar-refractivity contribution is 0.150. The van der Waals surface area contributed by atoms with Crippen molar-refractivity contribution in [2.75, 3.05) is 13.2 Å². The predicted molar refractivity (Wildman–Crippen MR) is 57.9 cm³/mol. The zero-order valence-electron chi connectivity index (χ0n) is 6.64. The van der Waals surface area contributed by atoms with Crippen molar-refractivity contribution in [2.24, 2.45) is 0 Å². The van der Waals surface area contributed by atoms with Crippen LogP contribution < -0.4 is 0 Å². The molecule has 1 nitrogen and oxygen atoms in total. The van der Waals surface area contributed by atoms with Gasteiger partial charge in [-0.2, -0.15) is 0 Å². The average molecular weight is 272 g/mol. The molecule has 1 rings (SSSR count). The topological polar surface area (TPSA) is 9.23 Å². The second-order valence-corrected chi connectivity index (χ2v) is 3.74. The van der Waals surface area contributed by atoms with E-state index in [0.717, 1.165) is 6.42 Å². The maximum absolute atomic E-state index is 5.34. The Bertz CT molecular complexity index is 272. The minimum Gasteiger partial charge on any atom is -0.378 e. The SMILES string of the molecule is IC1C#C/C=C\C#CCCOC1. The Hall–Kier alpha value is -0.450. The molecule has 0 spiro atoms. The van der Waals surface area contributed by atoms with Crippen LogP contribution in [0.4, 0.5) is 0 Å². The van der Waals surface area contributed by atoms with Crippen LogP contribution in [-0.4, -0.2) is 17.1 Å². The Kier molecular flexibility index (Phi) is 4.91. The van der Waals surface area contributed by atoms with E-state index >= 15 is 0 Å². The molecule has 2 heteroatoms. The van der Waals surface area contributed by atoms with Crippen molar-refractivity contribution in [1.82, 2.24) is 0 Å². The Balaban J connectivity index is 2.56. The number of alkyl halides is 1. The van der Waals surface area contributed by atoms with E-state index in [4.69, 9.17) is 4.74 Å². The first kappa shape index (κ1) is 9.64. The van der Waals surface area contributed by atoms with Gasteiger partial charge in [0.15, 0.2) is 0 Å². The summed E-state index contributed by atoms with van der Waals surface area (Å²) in [6, 6.07) is 0. The van der Waals surface area contributed by atoms with E-state index in [0.29, 0.717) is 13.2 Å². The summed E-state index contributed by atoms with van der Waals surface area (Å²) in [4.78, 5) is 0. The van der Waals surface area contributed by atoms with Gasteiger partial charge >= 0.3 is 0 Å². The molecule has 0 fully saturated rings. The molecule has 0 saturated carbocycles. The maximum Gasteiger partial charge on any atom is 0.0955 e. The van der Waals surface area contributed by atoms with Gasteiger partial charge in [-0.15, -0.1) is 0 Å². The Labute approximate surface area is 86.7 Å². The highest BCUT2D eigenvalue weighted by Gasteiger charge is 1.97. The summed E-state index contributed by atoms with van der Waals surface area (Å²) in [5.74, 6) is 11.8. The minimum absolute atomic E-state index is 0.283. The first-order valence-corrected chi connectivity index (χ1v) is 5.00. The number of ether oxygens (including phenoxy) is 1. The Morgan fingerprint density at radius 3 is 3.08 bits per heavy atom. The fourth-order valence-electron chi connectivity index (χ4n) is 0.705. The molecule has 0 radical (unpaired) electrons. The molecule has 1 unspecified atom stereocenters. The lowest BCUT2D eigenvalue weighted by Gasteiger charge is -2.01. The van der Waals surface area contributed by atoms with Crippen LogP contribution in [0.25, 0.3) is 0 Å².